The second-order valence-corrected chi connectivity index (χ2v) is 6.74. The van der Waals surface area contributed by atoms with Crippen molar-refractivity contribution in [2.45, 2.75) is 39.0 Å². The number of nitrogens with zero attached hydrogens (tertiary/aromatic N) is 3. The second kappa shape index (κ2) is 6.12. The van der Waals surface area contributed by atoms with Crippen molar-refractivity contribution in [3.8, 4) is 0 Å². The highest BCUT2D eigenvalue weighted by Gasteiger charge is 2.20. The standard InChI is InChI=1S/C17H18N4OS/c1-2-14-19-16(21-18-9-11-7-8-22-10-11)15-12-5-3-4-6-13(12)23-17(15)20-14/h7-10H,2-6H2,1H3,(H,19,20,21). The number of rotatable bonds is 4. The van der Waals surface area contributed by atoms with E-state index in [0.29, 0.717) is 0 Å². The van der Waals surface area contributed by atoms with Crippen molar-refractivity contribution in [1.29, 1.82) is 0 Å². The van der Waals surface area contributed by atoms with Gasteiger partial charge in [0.15, 0.2) is 5.82 Å². The lowest BCUT2D eigenvalue weighted by molar-refractivity contribution is 0.567. The first kappa shape index (κ1) is 14.4. The highest BCUT2D eigenvalue weighted by molar-refractivity contribution is 7.19. The number of hydrazone groups is 1. The van der Waals surface area contributed by atoms with E-state index in [1.165, 1.54) is 23.3 Å². The van der Waals surface area contributed by atoms with Crippen molar-refractivity contribution in [3.63, 3.8) is 0 Å². The van der Waals surface area contributed by atoms with Gasteiger partial charge in [-0.1, -0.05) is 6.92 Å². The van der Waals surface area contributed by atoms with Crippen LogP contribution in [-0.2, 0) is 19.3 Å². The lowest BCUT2D eigenvalue weighted by Gasteiger charge is -2.11. The summed E-state index contributed by atoms with van der Waals surface area (Å²) in [5.41, 5.74) is 5.46. The molecule has 1 N–H and O–H groups in total. The molecule has 0 fully saturated rings. The van der Waals surface area contributed by atoms with Crippen LogP contribution in [0.3, 0.4) is 0 Å². The molecule has 23 heavy (non-hydrogen) atoms. The van der Waals surface area contributed by atoms with Gasteiger partial charge in [-0.05, 0) is 37.3 Å². The highest BCUT2D eigenvalue weighted by Crippen LogP contribution is 2.38. The number of hydrogen-bond donors (Lipinski definition) is 1. The van der Waals surface area contributed by atoms with Gasteiger partial charge in [0.25, 0.3) is 0 Å². The molecule has 0 amide bonds. The Morgan fingerprint density at radius 3 is 3.09 bits per heavy atom. The molecule has 0 unspecified atom stereocenters. The van der Waals surface area contributed by atoms with Crippen LogP contribution in [0.2, 0.25) is 0 Å². The van der Waals surface area contributed by atoms with Gasteiger partial charge in [0.2, 0.25) is 0 Å². The van der Waals surface area contributed by atoms with Crippen LogP contribution in [0.15, 0.2) is 28.1 Å². The van der Waals surface area contributed by atoms with Gasteiger partial charge in [0, 0.05) is 16.9 Å². The molecule has 5 nitrogen and oxygen atoms in total. The first-order chi connectivity index (χ1) is 11.3. The average Bonchev–Trinajstić information content (AvgIpc) is 3.21. The maximum absolute atomic E-state index is 5.04. The SMILES string of the molecule is CCc1nc(NN=Cc2ccoc2)c2c3c(sc2n1)CCCC3. The van der Waals surface area contributed by atoms with Crippen LogP contribution >= 0.6 is 11.3 Å². The fourth-order valence-corrected chi connectivity index (χ4v) is 4.24. The molecule has 0 atom stereocenters. The number of anilines is 1. The highest BCUT2D eigenvalue weighted by atomic mass is 32.1. The van der Waals surface area contributed by atoms with Gasteiger partial charge in [-0.2, -0.15) is 5.10 Å². The largest absolute Gasteiger partial charge is 0.472 e. The molecule has 0 saturated heterocycles. The van der Waals surface area contributed by atoms with E-state index in [4.69, 9.17) is 9.40 Å². The Bertz CT molecular complexity index is 851. The van der Waals surface area contributed by atoms with Gasteiger partial charge >= 0.3 is 0 Å². The van der Waals surface area contributed by atoms with Crippen LogP contribution in [0.5, 0.6) is 0 Å². The molecule has 0 spiro atoms. The molecule has 0 aliphatic heterocycles. The summed E-state index contributed by atoms with van der Waals surface area (Å²) in [6, 6.07) is 1.87. The number of nitrogens with one attached hydrogen (secondary N) is 1. The number of aryl methyl sites for hydroxylation is 3. The topological polar surface area (TPSA) is 63.3 Å². The molecule has 3 aromatic heterocycles. The molecule has 3 aromatic rings. The molecule has 6 heteroatoms. The normalized spacial score (nSPS) is 14.5. The summed E-state index contributed by atoms with van der Waals surface area (Å²) in [4.78, 5) is 11.9. The summed E-state index contributed by atoms with van der Waals surface area (Å²) in [6.07, 6.45) is 10.6. The van der Waals surface area contributed by atoms with E-state index in [1.54, 1.807) is 18.7 Å². The Morgan fingerprint density at radius 2 is 2.26 bits per heavy atom. The summed E-state index contributed by atoms with van der Waals surface area (Å²) in [5, 5.41) is 5.48. The zero-order valence-corrected chi connectivity index (χ0v) is 13.8. The van der Waals surface area contributed by atoms with E-state index in [1.807, 2.05) is 17.4 Å². The Hall–Kier alpha value is -2.21. The van der Waals surface area contributed by atoms with Crippen molar-refractivity contribution in [2.24, 2.45) is 5.10 Å². The predicted octanol–water partition coefficient (Wildman–Crippen LogP) is 4.17. The third kappa shape index (κ3) is 2.74. The van der Waals surface area contributed by atoms with Crippen molar-refractivity contribution < 1.29 is 4.42 Å². The zero-order valence-electron chi connectivity index (χ0n) is 13.0. The van der Waals surface area contributed by atoms with Crippen LogP contribution in [0, 0.1) is 0 Å². The summed E-state index contributed by atoms with van der Waals surface area (Å²) in [7, 11) is 0. The van der Waals surface area contributed by atoms with Crippen molar-refractivity contribution in [1.82, 2.24) is 9.97 Å². The number of hydrogen-bond acceptors (Lipinski definition) is 6. The molecule has 0 radical (unpaired) electrons. The van der Waals surface area contributed by atoms with Crippen LogP contribution in [0.1, 0.15) is 41.6 Å². The lowest BCUT2D eigenvalue weighted by atomic mass is 9.97. The summed E-state index contributed by atoms with van der Waals surface area (Å²) in [5.74, 6) is 1.68. The zero-order chi connectivity index (χ0) is 15.6. The third-order valence-corrected chi connectivity index (χ3v) is 5.29. The summed E-state index contributed by atoms with van der Waals surface area (Å²) in [6.45, 7) is 2.08. The third-order valence-electron chi connectivity index (χ3n) is 4.10. The molecule has 1 aliphatic carbocycles. The van der Waals surface area contributed by atoms with Crippen LogP contribution < -0.4 is 5.43 Å². The summed E-state index contributed by atoms with van der Waals surface area (Å²) >= 11 is 1.82. The smallest absolute Gasteiger partial charge is 0.159 e. The van der Waals surface area contributed by atoms with Gasteiger partial charge < -0.3 is 4.42 Å². The maximum Gasteiger partial charge on any atom is 0.159 e. The number of thiophene rings is 1. The molecule has 3 heterocycles. The number of furan rings is 1. The van der Waals surface area contributed by atoms with E-state index in [0.717, 1.165) is 46.7 Å². The van der Waals surface area contributed by atoms with Gasteiger partial charge in [-0.3, -0.25) is 5.43 Å². The first-order valence-corrected chi connectivity index (χ1v) is 8.79. The van der Waals surface area contributed by atoms with Crippen molar-refractivity contribution in [2.75, 3.05) is 5.43 Å². The Balaban J connectivity index is 1.75. The van der Waals surface area contributed by atoms with E-state index in [9.17, 15) is 0 Å². The minimum absolute atomic E-state index is 0.818. The monoisotopic (exact) mass is 326 g/mol. The minimum Gasteiger partial charge on any atom is -0.472 e. The lowest BCUT2D eigenvalue weighted by Crippen LogP contribution is -2.03. The van der Waals surface area contributed by atoms with Crippen LogP contribution in [0.25, 0.3) is 10.2 Å². The van der Waals surface area contributed by atoms with E-state index >= 15 is 0 Å². The van der Waals surface area contributed by atoms with Crippen LogP contribution in [0.4, 0.5) is 5.82 Å². The molecular weight excluding hydrogens is 308 g/mol. The molecule has 1 aliphatic rings. The van der Waals surface area contributed by atoms with E-state index in [2.05, 4.69) is 22.4 Å². The molecule has 0 aromatic carbocycles. The maximum atomic E-state index is 5.04. The molecule has 118 valence electrons. The Labute approximate surface area is 138 Å². The van der Waals surface area contributed by atoms with Gasteiger partial charge in [0.1, 0.15) is 10.7 Å². The Morgan fingerprint density at radius 1 is 1.35 bits per heavy atom. The van der Waals surface area contributed by atoms with Crippen LogP contribution in [-0.4, -0.2) is 16.2 Å². The fraction of sp³-hybridized carbons (Fsp3) is 0.353. The van der Waals surface area contributed by atoms with Crippen molar-refractivity contribution in [3.05, 3.63) is 40.4 Å². The van der Waals surface area contributed by atoms with Gasteiger partial charge in [-0.15, -0.1) is 11.3 Å². The Kier molecular flexibility index (Phi) is 3.83. The van der Waals surface area contributed by atoms with Crippen molar-refractivity contribution >= 4 is 33.6 Å². The summed E-state index contributed by atoms with van der Waals surface area (Å²) < 4.78 is 5.04. The van der Waals surface area contributed by atoms with Gasteiger partial charge in [0.05, 0.1) is 24.1 Å². The molecular formula is C17H18N4OS. The quantitative estimate of drug-likeness (QED) is 0.577. The molecule has 0 bridgehead atoms. The number of aromatic nitrogens is 2. The first-order valence-electron chi connectivity index (χ1n) is 7.97. The fourth-order valence-electron chi connectivity index (χ4n) is 2.96. The predicted molar refractivity (Wildman–Crippen MR) is 93.4 cm³/mol. The second-order valence-electron chi connectivity index (χ2n) is 5.66. The van der Waals surface area contributed by atoms with E-state index in [-0.39, 0.29) is 0 Å². The number of fused-ring (bicyclic) bond motifs is 3. The minimum atomic E-state index is 0.818. The van der Waals surface area contributed by atoms with Gasteiger partial charge in [-0.25, -0.2) is 9.97 Å². The van der Waals surface area contributed by atoms with E-state index < -0.39 is 0 Å². The average molecular weight is 326 g/mol. The molecule has 0 saturated carbocycles. The molecule has 4 rings (SSSR count).